The molecule has 0 aliphatic heterocycles. The Morgan fingerprint density at radius 1 is 1.33 bits per heavy atom. The molecule has 2 aliphatic rings. The summed E-state index contributed by atoms with van der Waals surface area (Å²) in [5.41, 5.74) is 4.78. The number of nitrogens with zero attached hydrogens (tertiary/aromatic N) is 1. The molecule has 110 valence electrons. The number of aliphatic imine (C=N–C) groups is 1. The summed E-state index contributed by atoms with van der Waals surface area (Å²) in [6.07, 6.45) is 5.36. The van der Waals surface area contributed by atoms with E-state index in [4.69, 9.17) is 4.99 Å². The summed E-state index contributed by atoms with van der Waals surface area (Å²) in [7, 11) is 1.99. The van der Waals surface area contributed by atoms with Crippen molar-refractivity contribution >= 4 is 27.1 Å². The molecular weight excluding hydrogens is 274 g/mol. The van der Waals surface area contributed by atoms with Gasteiger partial charge in [-0.05, 0) is 78.0 Å². The molecule has 0 amide bonds. The van der Waals surface area contributed by atoms with E-state index in [2.05, 4.69) is 37.4 Å². The molecule has 2 fully saturated rings. The Morgan fingerprint density at radius 3 is 3.00 bits per heavy atom. The third kappa shape index (κ3) is 1.99. The molecule has 0 saturated heterocycles. The first-order chi connectivity index (χ1) is 10.1. The number of hydrogen-bond acceptors (Lipinski definition) is 2. The number of fused-ring (bicyclic) bond motifs is 3. The number of thiophene rings is 1. The highest BCUT2D eigenvalue weighted by Crippen LogP contribution is 2.57. The number of rotatable bonds is 1. The van der Waals surface area contributed by atoms with Crippen molar-refractivity contribution in [3.05, 3.63) is 34.7 Å². The summed E-state index contributed by atoms with van der Waals surface area (Å²) in [5, 5.41) is 3.72. The number of hydrogen-bond donors (Lipinski definition) is 0. The molecule has 3 atom stereocenters. The third-order valence-electron chi connectivity index (χ3n) is 5.82. The highest BCUT2D eigenvalue weighted by Gasteiger charge is 2.48. The predicted molar refractivity (Wildman–Crippen MR) is 92.7 cm³/mol. The third-order valence-corrected chi connectivity index (χ3v) is 6.90. The Balaban J connectivity index is 1.86. The van der Waals surface area contributed by atoms with Crippen LogP contribution in [0.4, 0.5) is 0 Å². The molecule has 0 spiro atoms. The fraction of sp³-hybridized carbons (Fsp3) is 0.526. The van der Waals surface area contributed by atoms with E-state index in [1.54, 1.807) is 0 Å². The molecule has 0 N–H and O–H groups in total. The van der Waals surface area contributed by atoms with Gasteiger partial charge in [-0.15, -0.1) is 11.3 Å². The van der Waals surface area contributed by atoms with Gasteiger partial charge in [-0.2, -0.15) is 0 Å². The molecule has 3 unspecified atom stereocenters. The van der Waals surface area contributed by atoms with E-state index in [0.29, 0.717) is 11.3 Å². The maximum absolute atomic E-state index is 4.70. The van der Waals surface area contributed by atoms with Gasteiger partial charge in [0.15, 0.2) is 0 Å². The van der Waals surface area contributed by atoms with Crippen molar-refractivity contribution in [2.75, 3.05) is 7.05 Å². The van der Waals surface area contributed by atoms with E-state index in [-0.39, 0.29) is 0 Å². The normalized spacial score (nSPS) is 34.0. The molecule has 1 aromatic carbocycles. The van der Waals surface area contributed by atoms with Crippen molar-refractivity contribution in [3.63, 3.8) is 0 Å². The van der Waals surface area contributed by atoms with Crippen molar-refractivity contribution in [1.82, 2.24) is 0 Å². The maximum atomic E-state index is 4.70. The van der Waals surface area contributed by atoms with Crippen LogP contribution in [0.15, 0.2) is 28.6 Å². The first-order valence-electron chi connectivity index (χ1n) is 8.04. The van der Waals surface area contributed by atoms with Gasteiger partial charge in [0, 0.05) is 23.4 Å². The fourth-order valence-corrected chi connectivity index (χ4v) is 5.74. The van der Waals surface area contributed by atoms with E-state index in [0.717, 1.165) is 5.92 Å². The second kappa shape index (κ2) is 4.67. The summed E-state index contributed by atoms with van der Waals surface area (Å²) < 4.78 is 1.41. The quantitative estimate of drug-likeness (QED) is 0.652. The molecule has 1 nitrogen and oxygen atoms in total. The topological polar surface area (TPSA) is 12.4 Å². The van der Waals surface area contributed by atoms with Crippen molar-refractivity contribution in [2.45, 2.75) is 45.4 Å². The van der Waals surface area contributed by atoms with E-state index < -0.39 is 0 Å². The minimum Gasteiger partial charge on any atom is -0.297 e. The maximum Gasteiger partial charge on any atom is 0.0345 e. The monoisotopic (exact) mass is 297 g/mol. The molecular formula is C19H23NS. The van der Waals surface area contributed by atoms with Crippen LogP contribution in [0.25, 0.3) is 10.1 Å². The molecule has 0 radical (unpaired) electrons. The van der Waals surface area contributed by atoms with E-state index in [9.17, 15) is 0 Å². The first kappa shape index (κ1) is 13.5. The molecule has 1 aromatic heterocycles. The van der Waals surface area contributed by atoms with E-state index >= 15 is 0 Å². The number of aryl methyl sites for hydroxylation is 1. The first-order valence-corrected chi connectivity index (χ1v) is 8.92. The van der Waals surface area contributed by atoms with Crippen LogP contribution in [0.5, 0.6) is 0 Å². The van der Waals surface area contributed by atoms with Gasteiger partial charge in [0.05, 0.1) is 0 Å². The van der Waals surface area contributed by atoms with Gasteiger partial charge in [-0.25, -0.2) is 0 Å². The Hall–Kier alpha value is -1.15. The average molecular weight is 297 g/mol. The smallest absolute Gasteiger partial charge is 0.0345 e. The van der Waals surface area contributed by atoms with Crippen LogP contribution in [-0.4, -0.2) is 12.8 Å². The fourth-order valence-electron chi connectivity index (χ4n) is 4.82. The summed E-state index contributed by atoms with van der Waals surface area (Å²) in [6, 6.07) is 7.12. The van der Waals surface area contributed by atoms with Crippen LogP contribution in [0, 0.1) is 18.3 Å². The second-order valence-corrected chi connectivity index (χ2v) is 8.20. The van der Waals surface area contributed by atoms with Crippen LogP contribution in [0.2, 0.25) is 0 Å². The lowest BCUT2D eigenvalue weighted by atomic mass is 9.65. The Morgan fingerprint density at radius 2 is 2.19 bits per heavy atom. The Labute approximate surface area is 131 Å². The summed E-state index contributed by atoms with van der Waals surface area (Å²) in [4.78, 5) is 4.70. The van der Waals surface area contributed by atoms with Gasteiger partial charge in [-0.3, -0.25) is 4.99 Å². The molecule has 4 rings (SSSR count). The zero-order valence-electron chi connectivity index (χ0n) is 13.1. The van der Waals surface area contributed by atoms with Crippen molar-refractivity contribution in [1.29, 1.82) is 0 Å². The van der Waals surface area contributed by atoms with E-state index in [1.165, 1.54) is 52.6 Å². The van der Waals surface area contributed by atoms with Crippen LogP contribution >= 0.6 is 11.3 Å². The lowest BCUT2D eigenvalue weighted by Gasteiger charge is -2.39. The van der Waals surface area contributed by atoms with Gasteiger partial charge in [0.25, 0.3) is 0 Å². The van der Waals surface area contributed by atoms with Crippen molar-refractivity contribution in [2.24, 2.45) is 16.3 Å². The van der Waals surface area contributed by atoms with Gasteiger partial charge in [-0.1, -0.05) is 13.0 Å². The van der Waals surface area contributed by atoms with Crippen LogP contribution in [0.1, 0.15) is 49.7 Å². The largest absolute Gasteiger partial charge is 0.297 e. The molecule has 21 heavy (non-hydrogen) atoms. The van der Waals surface area contributed by atoms with Gasteiger partial charge < -0.3 is 0 Å². The minimum atomic E-state index is 0.426. The lowest BCUT2D eigenvalue weighted by molar-refractivity contribution is 0.277. The summed E-state index contributed by atoms with van der Waals surface area (Å²) in [5.74, 6) is 1.42. The van der Waals surface area contributed by atoms with Crippen LogP contribution < -0.4 is 0 Å². The molecule has 2 saturated carbocycles. The zero-order chi connectivity index (χ0) is 14.6. The SMILES string of the molecule is CN=C1CC2CCC(C)(C2)C1c1ccc2scc(C)c2c1. The summed E-state index contributed by atoms with van der Waals surface area (Å²) in [6.45, 7) is 4.72. The van der Waals surface area contributed by atoms with E-state index in [1.807, 2.05) is 18.4 Å². The molecule has 2 aliphatic carbocycles. The average Bonchev–Trinajstić information content (AvgIpc) is 3.00. The van der Waals surface area contributed by atoms with Crippen LogP contribution in [0.3, 0.4) is 0 Å². The molecule has 2 aromatic rings. The van der Waals surface area contributed by atoms with Crippen molar-refractivity contribution in [3.8, 4) is 0 Å². The molecule has 2 heteroatoms. The van der Waals surface area contributed by atoms with Gasteiger partial charge >= 0.3 is 0 Å². The zero-order valence-corrected chi connectivity index (χ0v) is 14.0. The molecule has 2 bridgehead atoms. The lowest BCUT2D eigenvalue weighted by Crippen LogP contribution is -2.34. The van der Waals surface area contributed by atoms with Crippen LogP contribution in [-0.2, 0) is 0 Å². The standard InChI is InChI=1S/C19H23NS/c1-12-11-21-17-5-4-14(9-15(12)17)18-16(20-3)8-13-6-7-19(18,2)10-13/h4-5,9,11,13,18H,6-8,10H2,1-3H3. The highest BCUT2D eigenvalue weighted by atomic mass is 32.1. The number of benzene rings is 1. The molecule has 1 heterocycles. The van der Waals surface area contributed by atoms with Crippen molar-refractivity contribution < 1.29 is 0 Å². The Bertz CT molecular complexity index is 726. The van der Waals surface area contributed by atoms with Gasteiger partial charge in [0.2, 0.25) is 0 Å². The minimum absolute atomic E-state index is 0.426. The summed E-state index contributed by atoms with van der Waals surface area (Å²) >= 11 is 1.86. The highest BCUT2D eigenvalue weighted by molar-refractivity contribution is 7.17. The predicted octanol–water partition coefficient (Wildman–Crippen LogP) is 5.57. The Kier molecular flexibility index (Phi) is 3.01. The van der Waals surface area contributed by atoms with Gasteiger partial charge in [0.1, 0.15) is 0 Å². The second-order valence-electron chi connectivity index (χ2n) is 7.29.